The Bertz CT molecular complexity index is 205. The third kappa shape index (κ3) is 3.95. The van der Waals surface area contributed by atoms with E-state index in [-0.39, 0.29) is 24.4 Å². The smallest absolute Gasteiger partial charge is 0.239 e. The molecule has 0 radical (unpaired) electrons. The number of nitrogens with zero attached hydrogens (tertiary/aromatic N) is 1. The Labute approximate surface area is 105 Å². The predicted octanol–water partition coefficient (Wildman–Crippen LogP) is 2.33. The molecule has 0 aromatic rings. The van der Waals surface area contributed by atoms with Crippen molar-refractivity contribution in [1.29, 1.82) is 0 Å². The van der Waals surface area contributed by atoms with Crippen molar-refractivity contribution in [2.75, 3.05) is 6.54 Å². The van der Waals surface area contributed by atoms with E-state index in [4.69, 9.17) is 5.73 Å². The van der Waals surface area contributed by atoms with Crippen LogP contribution in [-0.4, -0.2) is 29.4 Å². The maximum atomic E-state index is 12.1. The van der Waals surface area contributed by atoms with E-state index in [1.165, 1.54) is 25.7 Å². The van der Waals surface area contributed by atoms with Crippen molar-refractivity contribution in [2.45, 2.75) is 64.5 Å². The van der Waals surface area contributed by atoms with Gasteiger partial charge in [0.25, 0.3) is 0 Å². The van der Waals surface area contributed by atoms with Gasteiger partial charge in [-0.15, -0.1) is 12.4 Å². The van der Waals surface area contributed by atoms with E-state index in [1.54, 1.807) is 0 Å². The molecule has 1 unspecified atom stereocenters. The lowest BCUT2D eigenvalue weighted by atomic mass is 10.1. The highest BCUT2D eigenvalue weighted by Gasteiger charge is 2.27. The fraction of sp³-hybridized carbons (Fsp3) is 0.917. The summed E-state index contributed by atoms with van der Waals surface area (Å²) < 4.78 is 0. The van der Waals surface area contributed by atoms with Gasteiger partial charge in [0.2, 0.25) is 5.91 Å². The average molecular weight is 249 g/mol. The van der Waals surface area contributed by atoms with E-state index in [9.17, 15) is 4.79 Å². The van der Waals surface area contributed by atoms with Crippen molar-refractivity contribution in [2.24, 2.45) is 5.73 Å². The zero-order chi connectivity index (χ0) is 11.3. The fourth-order valence-corrected chi connectivity index (χ4v) is 2.46. The van der Waals surface area contributed by atoms with Gasteiger partial charge in [0.05, 0.1) is 6.04 Å². The molecular weight excluding hydrogens is 224 g/mol. The van der Waals surface area contributed by atoms with Gasteiger partial charge >= 0.3 is 0 Å². The van der Waals surface area contributed by atoms with Crippen molar-refractivity contribution in [1.82, 2.24) is 4.90 Å². The van der Waals surface area contributed by atoms with Gasteiger partial charge in [-0.2, -0.15) is 0 Å². The first kappa shape index (κ1) is 15.7. The molecule has 1 fully saturated rings. The van der Waals surface area contributed by atoms with Crippen molar-refractivity contribution < 1.29 is 4.79 Å². The van der Waals surface area contributed by atoms with Crippen LogP contribution in [0.25, 0.3) is 0 Å². The summed E-state index contributed by atoms with van der Waals surface area (Å²) in [7, 11) is 0. The second-order valence-corrected chi connectivity index (χ2v) is 4.46. The van der Waals surface area contributed by atoms with Crippen LogP contribution in [0.2, 0.25) is 0 Å². The number of carbonyl (C=O) groups excluding carboxylic acids is 1. The highest BCUT2D eigenvalue weighted by molar-refractivity contribution is 5.85. The maximum absolute atomic E-state index is 12.1. The van der Waals surface area contributed by atoms with Crippen LogP contribution in [0.5, 0.6) is 0 Å². The van der Waals surface area contributed by atoms with Crippen molar-refractivity contribution in [3.8, 4) is 0 Å². The number of likely N-dealkylation sites (N-methyl/N-ethyl adjacent to an activating group) is 1. The van der Waals surface area contributed by atoms with Gasteiger partial charge in [-0.1, -0.05) is 26.2 Å². The Morgan fingerprint density at radius 3 is 2.38 bits per heavy atom. The quantitative estimate of drug-likeness (QED) is 0.812. The number of rotatable bonds is 5. The zero-order valence-electron chi connectivity index (χ0n) is 10.4. The Kier molecular flexibility index (Phi) is 7.77. The molecule has 0 aliphatic heterocycles. The van der Waals surface area contributed by atoms with E-state index in [0.717, 1.165) is 19.4 Å². The summed E-state index contributed by atoms with van der Waals surface area (Å²) in [5.74, 6) is 0.159. The average Bonchev–Trinajstić information content (AvgIpc) is 2.72. The second kappa shape index (κ2) is 7.91. The molecule has 0 bridgehead atoms. The van der Waals surface area contributed by atoms with Crippen LogP contribution in [0.15, 0.2) is 0 Å². The van der Waals surface area contributed by atoms with E-state index in [2.05, 4.69) is 13.8 Å². The number of nitrogens with two attached hydrogens (primary N) is 1. The monoisotopic (exact) mass is 248 g/mol. The highest BCUT2D eigenvalue weighted by atomic mass is 35.5. The summed E-state index contributed by atoms with van der Waals surface area (Å²) >= 11 is 0. The van der Waals surface area contributed by atoms with Gasteiger partial charge in [-0.3, -0.25) is 4.79 Å². The standard InChI is InChI=1S/C12H24N2O.ClH/c1-3-7-11(13)12(15)14(4-2)10-8-5-6-9-10;/h10-11H,3-9,13H2,1-2H3;1H. The molecule has 1 aliphatic rings. The van der Waals surface area contributed by atoms with Crippen molar-refractivity contribution in [3.05, 3.63) is 0 Å². The van der Waals surface area contributed by atoms with Crippen LogP contribution < -0.4 is 5.73 Å². The van der Waals surface area contributed by atoms with Crippen LogP contribution in [0.1, 0.15) is 52.4 Å². The highest BCUT2D eigenvalue weighted by Crippen LogP contribution is 2.23. The molecule has 0 spiro atoms. The van der Waals surface area contributed by atoms with Gasteiger partial charge in [-0.25, -0.2) is 0 Å². The normalized spacial score (nSPS) is 17.9. The van der Waals surface area contributed by atoms with Gasteiger partial charge in [0.1, 0.15) is 0 Å². The molecule has 96 valence electrons. The molecule has 3 nitrogen and oxygen atoms in total. The van der Waals surface area contributed by atoms with Crippen molar-refractivity contribution in [3.63, 3.8) is 0 Å². The summed E-state index contributed by atoms with van der Waals surface area (Å²) in [5.41, 5.74) is 5.88. The lowest BCUT2D eigenvalue weighted by Gasteiger charge is -2.30. The van der Waals surface area contributed by atoms with Crippen LogP contribution >= 0.6 is 12.4 Å². The molecule has 1 amide bonds. The lowest BCUT2D eigenvalue weighted by molar-refractivity contribution is -0.134. The van der Waals surface area contributed by atoms with Gasteiger partial charge in [-0.05, 0) is 26.2 Å². The van der Waals surface area contributed by atoms with Gasteiger partial charge < -0.3 is 10.6 Å². The molecule has 0 saturated heterocycles. The molecule has 1 saturated carbocycles. The lowest BCUT2D eigenvalue weighted by Crippen LogP contribution is -2.47. The Hall–Kier alpha value is -0.280. The van der Waals surface area contributed by atoms with Crippen LogP contribution in [-0.2, 0) is 4.79 Å². The summed E-state index contributed by atoms with van der Waals surface area (Å²) in [5, 5.41) is 0. The number of halogens is 1. The summed E-state index contributed by atoms with van der Waals surface area (Å²) in [6, 6.07) is 0.181. The van der Waals surface area contributed by atoms with E-state index in [0.29, 0.717) is 6.04 Å². The van der Waals surface area contributed by atoms with E-state index < -0.39 is 0 Å². The number of hydrogen-bond acceptors (Lipinski definition) is 2. The van der Waals surface area contributed by atoms with E-state index in [1.807, 2.05) is 4.90 Å². The molecule has 16 heavy (non-hydrogen) atoms. The van der Waals surface area contributed by atoms with Gasteiger partial charge in [0.15, 0.2) is 0 Å². The molecule has 2 N–H and O–H groups in total. The molecule has 0 aromatic heterocycles. The first-order valence-electron chi connectivity index (χ1n) is 6.26. The van der Waals surface area contributed by atoms with E-state index >= 15 is 0 Å². The number of amides is 1. The second-order valence-electron chi connectivity index (χ2n) is 4.46. The van der Waals surface area contributed by atoms with Crippen LogP contribution in [0.3, 0.4) is 0 Å². The largest absolute Gasteiger partial charge is 0.339 e. The topological polar surface area (TPSA) is 46.3 Å². The molecule has 1 rings (SSSR count). The maximum Gasteiger partial charge on any atom is 0.239 e. The third-order valence-corrected chi connectivity index (χ3v) is 3.31. The van der Waals surface area contributed by atoms with Crippen molar-refractivity contribution >= 4 is 18.3 Å². The molecule has 0 heterocycles. The minimum atomic E-state index is -0.282. The summed E-state index contributed by atoms with van der Waals surface area (Å²) in [6.45, 7) is 4.93. The number of hydrogen-bond donors (Lipinski definition) is 1. The molecule has 4 heteroatoms. The minimum Gasteiger partial charge on any atom is -0.339 e. The van der Waals surface area contributed by atoms with Crippen LogP contribution in [0.4, 0.5) is 0 Å². The Morgan fingerprint density at radius 2 is 1.94 bits per heavy atom. The Balaban J connectivity index is 0.00000225. The first-order valence-corrected chi connectivity index (χ1v) is 6.26. The molecular formula is C12H25ClN2O. The molecule has 0 aromatic carbocycles. The number of carbonyl (C=O) groups is 1. The summed E-state index contributed by atoms with van der Waals surface area (Å²) in [4.78, 5) is 14.0. The van der Waals surface area contributed by atoms with Gasteiger partial charge in [0, 0.05) is 12.6 Å². The first-order chi connectivity index (χ1) is 7.20. The molecule has 1 aliphatic carbocycles. The fourth-order valence-electron chi connectivity index (χ4n) is 2.46. The zero-order valence-corrected chi connectivity index (χ0v) is 11.3. The third-order valence-electron chi connectivity index (χ3n) is 3.31. The summed E-state index contributed by atoms with van der Waals surface area (Å²) in [6.07, 6.45) is 6.64. The van der Waals surface area contributed by atoms with Crippen LogP contribution in [0, 0.1) is 0 Å². The predicted molar refractivity (Wildman–Crippen MR) is 69.8 cm³/mol. The Morgan fingerprint density at radius 1 is 1.38 bits per heavy atom. The molecule has 1 atom stereocenters. The SMILES string of the molecule is CCCC(N)C(=O)N(CC)C1CCCC1.Cl. The minimum absolute atomic E-state index is 0.